The molecule has 2 nitrogen and oxygen atoms in total. The lowest BCUT2D eigenvalue weighted by Gasteiger charge is -2.31. The van der Waals surface area contributed by atoms with E-state index in [4.69, 9.17) is 4.74 Å². The molecular weight excluding hydrogens is 462 g/mol. The first-order valence-corrected chi connectivity index (χ1v) is 13.4. The molecule has 0 spiro atoms. The highest BCUT2D eigenvalue weighted by molar-refractivity contribution is 5.85. The Morgan fingerprint density at radius 2 is 1.50 bits per heavy atom. The SMILES string of the molecule is C1=CCC(c2ccc(N(C3=CC[C@H]4C(=C3)Oc3ccccc34)c3ccccc3-c3ccccc3)cc2)C=C1. The van der Waals surface area contributed by atoms with Gasteiger partial charge >= 0.3 is 0 Å². The van der Waals surface area contributed by atoms with Crippen molar-refractivity contribution in [3.8, 4) is 16.9 Å². The van der Waals surface area contributed by atoms with Crippen LogP contribution < -0.4 is 9.64 Å². The van der Waals surface area contributed by atoms with E-state index in [9.17, 15) is 0 Å². The maximum atomic E-state index is 6.36. The zero-order valence-corrected chi connectivity index (χ0v) is 21.2. The van der Waals surface area contributed by atoms with Crippen molar-refractivity contribution >= 4 is 11.4 Å². The van der Waals surface area contributed by atoms with Crippen molar-refractivity contribution in [2.45, 2.75) is 24.7 Å². The van der Waals surface area contributed by atoms with Gasteiger partial charge in [-0.1, -0.05) is 109 Å². The molecule has 7 rings (SSSR count). The molecule has 1 aliphatic heterocycles. The van der Waals surface area contributed by atoms with E-state index in [0.29, 0.717) is 5.92 Å². The van der Waals surface area contributed by atoms with Gasteiger partial charge in [-0.3, -0.25) is 0 Å². The number of rotatable bonds is 5. The van der Waals surface area contributed by atoms with E-state index in [2.05, 4.69) is 138 Å². The number of allylic oxidation sites excluding steroid dienone is 7. The fourth-order valence-electron chi connectivity index (χ4n) is 5.84. The van der Waals surface area contributed by atoms with Gasteiger partial charge in [0.15, 0.2) is 0 Å². The molecule has 2 heteroatoms. The number of hydrogen-bond acceptors (Lipinski definition) is 2. The van der Waals surface area contributed by atoms with E-state index in [-0.39, 0.29) is 5.92 Å². The Morgan fingerprint density at radius 1 is 0.711 bits per heavy atom. The summed E-state index contributed by atoms with van der Waals surface area (Å²) in [6, 6.07) is 36.8. The molecule has 0 saturated heterocycles. The molecule has 2 atom stereocenters. The minimum Gasteiger partial charge on any atom is -0.461 e. The van der Waals surface area contributed by atoms with Crippen LogP contribution in [0.1, 0.15) is 35.8 Å². The second-order valence-corrected chi connectivity index (χ2v) is 10.1. The highest BCUT2D eigenvalue weighted by Crippen LogP contribution is 2.47. The van der Waals surface area contributed by atoms with Crippen molar-refractivity contribution in [3.05, 3.63) is 162 Å². The summed E-state index contributed by atoms with van der Waals surface area (Å²) in [7, 11) is 0. The Hall–Kier alpha value is -4.56. The lowest BCUT2D eigenvalue weighted by molar-refractivity contribution is 0.424. The minimum absolute atomic E-state index is 0.287. The molecular formula is C36H29NO. The fourth-order valence-corrected chi connectivity index (χ4v) is 5.84. The highest BCUT2D eigenvalue weighted by atomic mass is 16.5. The summed E-state index contributed by atoms with van der Waals surface area (Å²) in [6.07, 6.45) is 15.4. The molecule has 0 fully saturated rings. The molecule has 0 N–H and O–H groups in total. The summed E-state index contributed by atoms with van der Waals surface area (Å²) < 4.78 is 6.36. The molecule has 4 aromatic carbocycles. The number of nitrogens with zero attached hydrogens (tertiary/aromatic N) is 1. The van der Waals surface area contributed by atoms with E-state index < -0.39 is 0 Å². The van der Waals surface area contributed by atoms with Crippen LogP contribution in [0.3, 0.4) is 0 Å². The average Bonchev–Trinajstić information content (AvgIpc) is 3.37. The van der Waals surface area contributed by atoms with Gasteiger partial charge in [-0.2, -0.15) is 0 Å². The van der Waals surface area contributed by atoms with Gasteiger partial charge in [0.1, 0.15) is 11.5 Å². The molecule has 2 aliphatic carbocycles. The van der Waals surface area contributed by atoms with Gasteiger partial charge in [-0.25, -0.2) is 0 Å². The molecule has 0 amide bonds. The third kappa shape index (κ3) is 4.09. The normalized spacial score (nSPS) is 19.2. The molecule has 1 heterocycles. The fraction of sp³-hybridized carbons (Fsp3) is 0.111. The van der Waals surface area contributed by atoms with Crippen molar-refractivity contribution in [2.24, 2.45) is 0 Å². The number of benzene rings is 4. The maximum absolute atomic E-state index is 6.36. The Balaban J connectivity index is 1.32. The summed E-state index contributed by atoms with van der Waals surface area (Å²) in [5.74, 6) is 2.73. The number of hydrogen-bond donors (Lipinski definition) is 0. The van der Waals surface area contributed by atoms with Crippen LogP contribution in [0.25, 0.3) is 11.1 Å². The van der Waals surface area contributed by atoms with Crippen LogP contribution in [0.5, 0.6) is 5.75 Å². The Bertz CT molecular complexity index is 1590. The van der Waals surface area contributed by atoms with Gasteiger partial charge in [0.2, 0.25) is 0 Å². The van der Waals surface area contributed by atoms with Crippen LogP contribution in [0, 0.1) is 0 Å². The number of ether oxygens (including phenoxy) is 1. The molecule has 4 aromatic rings. The Morgan fingerprint density at radius 3 is 2.34 bits per heavy atom. The van der Waals surface area contributed by atoms with Crippen molar-refractivity contribution in [1.82, 2.24) is 0 Å². The van der Waals surface area contributed by atoms with E-state index in [0.717, 1.165) is 41.4 Å². The summed E-state index contributed by atoms with van der Waals surface area (Å²) in [5, 5.41) is 0. The van der Waals surface area contributed by atoms with Crippen LogP contribution in [0.4, 0.5) is 11.4 Å². The molecule has 184 valence electrons. The molecule has 38 heavy (non-hydrogen) atoms. The zero-order chi connectivity index (χ0) is 25.3. The quantitative estimate of drug-likeness (QED) is 0.276. The first kappa shape index (κ1) is 22.6. The van der Waals surface area contributed by atoms with Gasteiger partial charge in [0.05, 0.1) is 5.69 Å². The van der Waals surface area contributed by atoms with E-state index in [1.54, 1.807) is 0 Å². The molecule has 3 aliphatic rings. The van der Waals surface area contributed by atoms with Crippen LogP contribution in [0.2, 0.25) is 0 Å². The first-order valence-electron chi connectivity index (χ1n) is 13.4. The summed E-state index contributed by atoms with van der Waals surface area (Å²) in [5.41, 5.74) is 8.47. The third-order valence-corrected chi connectivity index (χ3v) is 7.77. The van der Waals surface area contributed by atoms with Gasteiger partial charge in [0, 0.05) is 40.4 Å². The number of anilines is 2. The van der Waals surface area contributed by atoms with Crippen molar-refractivity contribution in [3.63, 3.8) is 0 Å². The number of fused-ring (bicyclic) bond motifs is 3. The first-order chi connectivity index (χ1) is 18.8. The average molecular weight is 492 g/mol. The van der Waals surface area contributed by atoms with Crippen molar-refractivity contribution in [1.29, 1.82) is 0 Å². The monoisotopic (exact) mass is 491 g/mol. The van der Waals surface area contributed by atoms with E-state index >= 15 is 0 Å². The predicted molar refractivity (Wildman–Crippen MR) is 157 cm³/mol. The van der Waals surface area contributed by atoms with Gasteiger partial charge < -0.3 is 9.64 Å². The third-order valence-electron chi connectivity index (χ3n) is 7.77. The smallest absolute Gasteiger partial charge is 0.130 e. The molecule has 0 radical (unpaired) electrons. The van der Waals surface area contributed by atoms with Crippen molar-refractivity contribution in [2.75, 3.05) is 4.90 Å². The molecule has 0 saturated carbocycles. The van der Waals surface area contributed by atoms with Gasteiger partial charge in [-0.15, -0.1) is 0 Å². The van der Waals surface area contributed by atoms with E-state index in [1.807, 2.05) is 6.07 Å². The predicted octanol–water partition coefficient (Wildman–Crippen LogP) is 9.44. The van der Waals surface area contributed by atoms with Gasteiger partial charge in [-0.05, 0) is 48.2 Å². The molecule has 0 aromatic heterocycles. The molecule has 1 unspecified atom stereocenters. The second kappa shape index (κ2) is 9.72. The maximum Gasteiger partial charge on any atom is 0.130 e. The zero-order valence-electron chi connectivity index (χ0n) is 21.2. The topological polar surface area (TPSA) is 12.5 Å². The summed E-state index contributed by atoms with van der Waals surface area (Å²) in [6.45, 7) is 0. The standard InChI is InChI=1S/C36H29NO/c1-3-11-26(12-4-1)27-19-21-29(22-20-27)37(34-17-9-7-15-31(34)28-13-5-2-6-14-28)30-23-24-33-32-16-8-10-18-35(32)38-36(33)25-30/h1-11,13-23,25-26,33H,12,24H2/t26?,33-/m1/s1. The van der Waals surface area contributed by atoms with E-state index in [1.165, 1.54) is 22.3 Å². The van der Waals surface area contributed by atoms with Crippen molar-refractivity contribution < 1.29 is 4.74 Å². The van der Waals surface area contributed by atoms with Crippen LogP contribution in [-0.2, 0) is 0 Å². The number of para-hydroxylation sites is 2. The summed E-state index contributed by atoms with van der Waals surface area (Å²) in [4.78, 5) is 2.39. The summed E-state index contributed by atoms with van der Waals surface area (Å²) >= 11 is 0. The van der Waals surface area contributed by atoms with Gasteiger partial charge in [0.25, 0.3) is 0 Å². The highest BCUT2D eigenvalue weighted by Gasteiger charge is 2.32. The second-order valence-electron chi connectivity index (χ2n) is 10.1. The lowest BCUT2D eigenvalue weighted by atomic mass is 9.90. The minimum atomic E-state index is 0.287. The van der Waals surface area contributed by atoms with Crippen LogP contribution in [-0.4, -0.2) is 0 Å². The van der Waals surface area contributed by atoms with Crippen LogP contribution in [0.15, 0.2) is 151 Å². The Labute approximate surface area is 224 Å². The Kier molecular flexibility index (Phi) is 5.79. The largest absolute Gasteiger partial charge is 0.461 e. The van der Waals surface area contributed by atoms with Crippen LogP contribution >= 0.6 is 0 Å². The lowest BCUT2D eigenvalue weighted by Crippen LogP contribution is -2.19. The molecule has 0 bridgehead atoms.